The third-order valence-corrected chi connectivity index (χ3v) is 6.45. The maximum atomic E-state index is 13.0. The molecule has 0 radical (unpaired) electrons. The average molecular weight is 450 g/mol. The molecule has 3 heterocycles. The van der Waals surface area contributed by atoms with Crippen molar-refractivity contribution >= 4 is 28.1 Å². The van der Waals surface area contributed by atoms with Gasteiger partial charge < -0.3 is 5.32 Å². The number of nitrogens with zero attached hydrogens (tertiary/aromatic N) is 4. The fraction of sp³-hybridized carbons (Fsp3) is 0.333. The minimum absolute atomic E-state index is 0.00750. The molecule has 0 aliphatic carbocycles. The van der Waals surface area contributed by atoms with Gasteiger partial charge >= 0.3 is 0 Å². The van der Waals surface area contributed by atoms with E-state index in [1.165, 1.54) is 15.1 Å². The van der Waals surface area contributed by atoms with Crippen molar-refractivity contribution in [2.24, 2.45) is 0 Å². The van der Waals surface area contributed by atoms with Crippen LogP contribution in [0, 0.1) is 20.8 Å². The molecule has 0 atom stereocenters. The lowest BCUT2D eigenvalue weighted by Gasteiger charge is -2.07. The number of rotatable bonds is 8. The highest BCUT2D eigenvalue weighted by molar-refractivity contribution is 7.09. The van der Waals surface area contributed by atoms with E-state index in [1.54, 1.807) is 16.0 Å². The smallest absolute Gasteiger partial charge is 0.295 e. The van der Waals surface area contributed by atoms with Gasteiger partial charge in [-0.25, -0.2) is 9.36 Å². The number of carbonyl (C=O) groups is 1. The summed E-state index contributed by atoms with van der Waals surface area (Å²) >= 11 is 1.69. The summed E-state index contributed by atoms with van der Waals surface area (Å²) in [5, 5.41) is 14.9. The molecule has 32 heavy (non-hydrogen) atoms. The van der Waals surface area contributed by atoms with Gasteiger partial charge in [-0.05, 0) is 57.2 Å². The van der Waals surface area contributed by atoms with Gasteiger partial charge in [-0.1, -0.05) is 23.8 Å². The Labute approximate surface area is 190 Å². The SMILES string of the molecule is Cc1ccc(-n2nc3c(=O)n(CCCC(=O)NCCc4cccs4)nc(C)c3c2C)cc1. The molecule has 0 aliphatic rings. The first-order valence-corrected chi connectivity index (χ1v) is 11.6. The predicted molar refractivity (Wildman–Crippen MR) is 128 cm³/mol. The standard InChI is InChI=1S/C24H27N5O2S/c1-16-8-10-19(11-9-16)29-18(3)22-17(2)26-28(24(31)23(22)27-29)14-4-7-21(30)25-13-12-20-6-5-15-32-20/h5-6,8-11,15H,4,7,12-14H2,1-3H3,(H,25,30). The molecule has 4 rings (SSSR count). The summed E-state index contributed by atoms with van der Waals surface area (Å²) in [6.07, 6.45) is 1.73. The van der Waals surface area contributed by atoms with E-state index in [-0.39, 0.29) is 11.5 Å². The lowest BCUT2D eigenvalue weighted by Crippen LogP contribution is -2.27. The first-order valence-electron chi connectivity index (χ1n) is 10.8. The number of hydrogen-bond acceptors (Lipinski definition) is 5. The van der Waals surface area contributed by atoms with E-state index in [2.05, 4.69) is 21.6 Å². The Bertz CT molecular complexity index is 1290. The van der Waals surface area contributed by atoms with Gasteiger partial charge in [0.1, 0.15) is 0 Å². The van der Waals surface area contributed by atoms with E-state index in [4.69, 9.17) is 0 Å². The number of nitrogens with one attached hydrogen (secondary N) is 1. The van der Waals surface area contributed by atoms with Crippen molar-refractivity contribution in [2.75, 3.05) is 6.54 Å². The molecule has 3 aromatic heterocycles. The highest BCUT2D eigenvalue weighted by atomic mass is 32.1. The normalized spacial score (nSPS) is 11.2. The summed E-state index contributed by atoms with van der Waals surface area (Å²) in [4.78, 5) is 26.4. The van der Waals surface area contributed by atoms with Crippen LogP contribution in [-0.2, 0) is 17.8 Å². The molecule has 0 spiro atoms. The van der Waals surface area contributed by atoms with Crippen LogP contribution in [0.2, 0.25) is 0 Å². The van der Waals surface area contributed by atoms with Crippen LogP contribution >= 0.6 is 11.3 Å². The molecule has 1 aromatic carbocycles. The average Bonchev–Trinajstić information content (AvgIpc) is 3.40. The van der Waals surface area contributed by atoms with Crippen molar-refractivity contribution in [1.29, 1.82) is 0 Å². The van der Waals surface area contributed by atoms with Crippen molar-refractivity contribution < 1.29 is 4.79 Å². The number of hydrogen-bond donors (Lipinski definition) is 1. The molecule has 1 N–H and O–H groups in total. The fourth-order valence-corrected chi connectivity index (χ4v) is 4.54. The fourth-order valence-electron chi connectivity index (χ4n) is 3.83. The molecule has 166 valence electrons. The Morgan fingerprint density at radius 3 is 2.59 bits per heavy atom. The number of amides is 1. The van der Waals surface area contributed by atoms with Crippen LogP contribution in [0.3, 0.4) is 0 Å². The van der Waals surface area contributed by atoms with E-state index in [0.29, 0.717) is 31.4 Å². The molecular formula is C24H27N5O2S. The molecule has 4 aromatic rings. The quantitative estimate of drug-likeness (QED) is 0.445. The Balaban J connectivity index is 1.44. The van der Waals surface area contributed by atoms with Crippen LogP contribution in [0.25, 0.3) is 16.6 Å². The van der Waals surface area contributed by atoms with Crippen LogP contribution in [0.15, 0.2) is 46.6 Å². The van der Waals surface area contributed by atoms with Gasteiger partial charge in [-0.15, -0.1) is 11.3 Å². The van der Waals surface area contributed by atoms with E-state index in [1.807, 2.05) is 56.5 Å². The molecule has 0 saturated heterocycles. The van der Waals surface area contributed by atoms with E-state index >= 15 is 0 Å². The first kappa shape index (κ1) is 22.0. The van der Waals surface area contributed by atoms with Crippen LogP contribution in [-0.4, -0.2) is 32.0 Å². The Hall–Kier alpha value is -3.26. The number of aryl methyl sites for hydroxylation is 4. The lowest BCUT2D eigenvalue weighted by atomic mass is 10.2. The van der Waals surface area contributed by atoms with E-state index < -0.39 is 0 Å². The summed E-state index contributed by atoms with van der Waals surface area (Å²) in [5.41, 5.74) is 3.92. The third-order valence-electron chi connectivity index (χ3n) is 5.51. The summed E-state index contributed by atoms with van der Waals surface area (Å²) in [7, 11) is 0. The maximum Gasteiger partial charge on any atom is 0.295 e. The van der Waals surface area contributed by atoms with Crippen LogP contribution in [0.5, 0.6) is 0 Å². The molecule has 8 heteroatoms. The number of thiophene rings is 1. The van der Waals surface area contributed by atoms with Crippen molar-refractivity contribution in [2.45, 2.75) is 46.6 Å². The van der Waals surface area contributed by atoms with Gasteiger partial charge in [-0.2, -0.15) is 10.2 Å². The van der Waals surface area contributed by atoms with Gasteiger partial charge in [-0.3, -0.25) is 9.59 Å². The van der Waals surface area contributed by atoms with Crippen LogP contribution in [0.4, 0.5) is 0 Å². The van der Waals surface area contributed by atoms with Crippen molar-refractivity contribution in [1.82, 2.24) is 24.9 Å². The third kappa shape index (κ3) is 4.65. The molecule has 0 bridgehead atoms. The summed E-state index contributed by atoms with van der Waals surface area (Å²) in [5.74, 6) is -0.00750. The Morgan fingerprint density at radius 2 is 1.88 bits per heavy atom. The highest BCUT2D eigenvalue weighted by Crippen LogP contribution is 2.21. The molecular weight excluding hydrogens is 422 g/mol. The molecule has 0 saturated carbocycles. The monoisotopic (exact) mass is 449 g/mol. The van der Waals surface area contributed by atoms with E-state index in [0.717, 1.165) is 28.9 Å². The number of benzene rings is 1. The second kappa shape index (κ2) is 9.48. The molecule has 0 fully saturated rings. The minimum Gasteiger partial charge on any atom is -0.356 e. The Morgan fingerprint density at radius 1 is 1.09 bits per heavy atom. The van der Waals surface area contributed by atoms with Gasteiger partial charge in [0, 0.05) is 24.4 Å². The van der Waals surface area contributed by atoms with Crippen molar-refractivity contribution in [3.63, 3.8) is 0 Å². The molecule has 0 unspecified atom stereocenters. The zero-order valence-electron chi connectivity index (χ0n) is 18.6. The minimum atomic E-state index is -0.224. The zero-order chi connectivity index (χ0) is 22.7. The molecule has 0 aliphatic heterocycles. The predicted octanol–water partition coefficient (Wildman–Crippen LogP) is 3.71. The topological polar surface area (TPSA) is 81.8 Å². The molecule has 1 amide bonds. The van der Waals surface area contributed by atoms with Crippen LogP contribution in [0.1, 0.15) is 34.7 Å². The van der Waals surface area contributed by atoms with E-state index in [9.17, 15) is 9.59 Å². The number of fused-ring (bicyclic) bond motifs is 1. The van der Waals surface area contributed by atoms with Crippen LogP contribution < -0.4 is 10.9 Å². The van der Waals surface area contributed by atoms with Crippen molar-refractivity contribution in [3.05, 3.63) is 74.0 Å². The highest BCUT2D eigenvalue weighted by Gasteiger charge is 2.17. The largest absolute Gasteiger partial charge is 0.356 e. The number of carbonyl (C=O) groups excluding carboxylic acids is 1. The second-order valence-electron chi connectivity index (χ2n) is 7.95. The second-order valence-corrected chi connectivity index (χ2v) is 8.99. The van der Waals surface area contributed by atoms with Gasteiger partial charge in [0.25, 0.3) is 5.56 Å². The first-order chi connectivity index (χ1) is 15.4. The summed E-state index contributed by atoms with van der Waals surface area (Å²) in [6.45, 7) is 6.88. The summed E-state index contributed by atoms with van der Waals surface area (Å²) < 4.78 is 3.23. The van der Waals surface area contributed by atoms with Gasteiger partial charge in [0.2, 0.25) is 5.91 Å². The zero-order valence-corrected chi connectivity index (χ0v) is 19.4. The molecule has 7 nitrogen and oxygen atoms in total. The Kier molecular flexibility index (Phi) is 6.50. The lowest BCUT2D eigenvalue weighted by molar-refractivity contribution is -0.121. The van der Waals surface area contributed by atoms with Gasteiger partial charge in [0.05, 0.1) is 22.5 Å². The van der Waals surface area contributed by atoms with Gasteiger partial charge in [0.15, 0.2) is 5.52 Å². The summed E-state index contributed by atoms with van der Waals surface area (Å²) in [6, 6.07) is 12.1. The number of aromatic nitrogens is 4. The maximum absolute atomic E-state index is 13.0. The van der Waals surface area contributed by atoms with Crippen molar-refractivity contribution in [3.8, 4) is 5.69 Å².